The lowest BCUT2D eigenvalue weighted by Gasteiger charge is -2.36. The Morgan fingerprint density at radius 3 is 2.16 bits per heavy atom. The molecular weight excluding hydrogens is 308 g/mol. The van der Waals surface area contributed by atoms with Gasteiger partial charge < -0.3 is 9.47 Å². The standard InChI is InChI=1S/C21H24N4/c1-3-7-19(8-4-1)17-25-12-11-22-21(25)18-23-13-15-24(16-14-23)20-9-5-2-6-10-20/h1-12H,13-18H2. The summed E-state index contributed by atoms with van der Waals surface area (Å²) < 4.78 is 2.26. The van der Waals surface area contributed by atoms with Gasteiger partial charge in [-0.1, -0.05) is 48.5 Å². The first kappa shape index (κ1) is 15.9. The summed E-state index contributed by atoms with van der Waals surface area (Å²) in [5, 5.41) is 0. The van der Waals surface area contributed by atoms with Gasteiger partial charge in [0.15, 0.2) is 0 Å². The van der Waals surface area contributed by atoms with Crippen LogP contribution in [0, 0.1) is 0 Å². The van der Waals surface area contributed by atoms with Crippen LogP contribution in [0.1, 0.15) is 11.4 Å². The van der Waals surface area contributed by atoms with E-state index in [1.165, 1.54) is 11.3 Å². The van der Waals surface area contributed by atoms with Crippen molar-refractivity contribution in [2.45, 2.75) is 13.1 Å². The zero-order chi connectivity index (χ0) is 16.9. The Bertz CT molecular complexity index is 774. The van der Waals surface area contributed by atoms with E-state index in [2.05, 4.69) is 86.2 Å². The van der Waals surface area contributed by atoms with Gasteiger partial charge in [-0.25, -0.2) is 4.98 Å². The summed E-state index contributed by atoms with van der Waals surface area (Å²) in [5.41, 5.74) is 2.64. The Kier molecular flexibility index (Phi) is 4.79. The van der Waals surface area contributed by atoms with Crippen molar-refractivity contribution in [2.75, 3.05) is 31.1 Å². The molecule has 0 atom stereocenters. The molecule has 0 amide bonds. The quantitative estimate of drug-likeness (QED) is 0.717. The monoisotopic (exact) mass is 332 g/mol. The molecule has 0 unspecified atom stereocenters. The second-order valence-electron chi connectivity index (χ2n) is 6.56. The number of hydrogen-bond donors (Lipinski definition) is 0. The minimum absolute atomic E-state index is 0.889. The highest BCUT2D eigenvalue weighted by Gasteiger charge is 2.18. The SMILES string of the molecule is c1ccc(Cn2ccnc2CN2CCN(c3ccccc3)CC2)cc1. The third kappa shape index (κ3) is 3.91. The van der Waals surface area contributed by atoms with E-state index in [1.807, 2.05) is 6.20 Å². The lowest BCUT2D eigenvalue weighted by atomic mass is 10.2. The number of nitrogens with zero attached hydrogens (tertiary/aromatic N) is 4. The molecule has 4 rings (SSSR count). The molecule has 1 saturated heterocycles. The maximum atomic E-state index is 4.59. The highest BCUT2D eigenvalue weighted by Crippen LogP contribution is 2.16. The number of piperazine rings is 1. The van der Waals surface area contributed by atoms with Crippen molar-refractivity contribution in [3.8, 4) is 0 Å². The third-order valence-corrected chi connectivity index (χ3v) is 4.86. The van der Waals surface area contributed by atoms with Crippen LogP contribution in [0.3, 0.4) is 0 Å². The molecular formula is C21H24N4. The zero-order valence-corrected chi connectivity index (χ0v) is 14.5. The second-order valence-corrected chi connectivity index (χ2v) is 6.56. The van der Waals surface area contributed by atoms with Crippen molar-refractivity contribution in [1.29, 1.82) is 0 Å². The maximum absolute atomic E-state index is 4.59. The smallest absolute Gasteiger partial charge is 0.123 e. The van der Waals surface area contributed by atoms with Crippen LogP contribution >= 0.6 is 0 Å². The number of rotatable bonds is 5. The molecule has 3 aromatic rings. The van der Waals surface area contributed by atoms with Crippen LogP contribution in [0.25, 0.3) is 0 Å². The first-order valence-electron chi connectivity index (χ1n) is 8.95. The fourth-order valence-electron chi connectivity index (χ4n) is 3.42. The molecule has 1 aromatic heterocycles. The average molecular weight is 332 g/mol. The van der Waals surface area contributed by atoms with Crippen LogP contribution < -0.4 is 4.90 Å². The van der Waals surface area contributed by atoms with E-state index < -0.39 is 0 Å². The second kappa shape index (κ2) is 7.53. The Hall–Kier alpha value is -2.59. The number of imidazole rings is 1. The van der Waals surface area contributed by atoms with Gasteiger partial charge in [0, 0.05) is 50.8 Å². The number of aromatic nitrogens is 2. The van der Waals surface area contributed by atoms with Gasteiger partial charge in [-0.05, 0) is 17.7 Å². The maximum Gasteiger partial charge on any atom is 0.123 e. The van der Waals surface area contributed by atoms with E-state index in [1.54, 1.807) is 0 Å². The van der Waals surface area contributed by atoms with E-state index >= 15 is 0 Å². The predicted molar refractivity (Wildman–Crippen MR) is 102 cm³/mol. The van der Waals surface area contributed by atoms with Crippen LogP contribution in [0.15, 0.2) is 73.1 Å². The van der Waals surface area contributed by atoms with Gasteiger partial charge in [-0.15, -0.1) is 0 Å². The summed E-state index contributed by atoms with van der Waals surface area (Å²) >= 11 is 0. The minimum Gasteiger partial charge on any atom is -0.369 e. The molecule has 25 heavy (non-hydrogen) atoms. The van der Waals surface area contributed by atoms with Crippen molar-refractivity contribution in [1.82, 2.24) is 14.5 Å². The van der Waals surface area contributed by atoms with Crippen LogP contribution in [-0.2, 0) is 13.1 Å². The van der Waals surface area contributed by atoms with E-state index in [0.717, 1.165) is 45.1 Å². The van der Waals surface area contributed by atoms with E-state index in [0.29, 0.717) is 0 Å². The van der Waals surface area contributed by atoms with Crippen LogP contribution in [0.2, 0.25) is 0 Å². The summed E-state index contributed by atoms with van der Waals surface area (Å²) in [4.78, 5) is 9.56. The van der Waals surface area contributed by atoms with Gasteiger partial charge in [-0.2, -0.15) is 0 Å². The molecule has 0 bridgehead atoms. The topological polar surface area (TPSA) is 24.3 Å². The summed E-state index contributed by atoms with van der Waals surface area (Å²) in [7, 11) is 0. The van der Waals surface area contributed by atoms with Crippen molar-refractivity contribution in [3.05, 3.63) is 84.4 Å². The molecule has 4 heteroatoms. The number of hydrogen-bond acceptors (Lipinski definition) is 3. The lowest BCUT2D eigenvalue weighted by Crippen LogP contribution is -2.46. The molecule has 0 aliphatic carbocycles. The molecule has 2 heterocycles. The third-order valence-electron chi connectivity index (χ3n) is 4.86. The van der Waals surface area contributed by atoms with Crippen molar-refractivity contribution >= 4 is 5.69 Å². The Morgan fingerprint density at radius 1 is 0.760 bits per heavy atom. The Labute approximate surface area is 149 Å². The zero-order valence-electron chi connectivity index (χ0n) is 14.5. The molecule has 4 nitrogen and oxygen atoms in total. The summed E-state index contributed by atoms with van der Waals surface area (Å²) in [5.74, 6) is 1.15. The number of para-hydroxylation sites is 1. The molecule has 1 aliphatic rings. The number of benzene rings is 2. The summed E-state index contributed by atoms with van der Waals surface area (Å²) in [6, 6.07) is 21.3. The minimum atomic E-state index is 0.889. The number of anilines is 1. The largest absolute Gasteiger partial charge is 0.369 e. The highest BCUT2D eigenvalue weighted by atomic mass is 15.3. The predicted octanol–water partition coefficient (Wildman–Crippen LogP) is 3.25. The van der Waals surface area contributed by atoms with Gasteiger partial charge in [0.2, 0.25) is 0 Å². The fourth-order valence-corrected chi connectivity index (χ4v) is 3.42. The molecule has 0 saturated carbocycles. The fraction of sp³-hybridized carbons (Fsp3) is 0.286. The van der Waals surface area contributed by atoms with Crippen LogP contribution in [-0.4, -0.2) is 40.6 Å². The van der Waals surface area contributed by atoms with Gasteiger partial charge >= 0.3 is 0 Å². The van der Waals surface area contributed by atoms with Gasteiger partial charge in [0.05, 0.1) is 6.54 Å². The molecule has 1 aliphatic heterocycles. The van der Waals surface area contributed by atoms with Crippen molar-refractivity contribution in [3.63, 3.8) is 0 Å². The normalized spacial score (nSPS) is 15.4. The highest BCUT2D eigenvalue weighted by molar-refractivity contribution is 5.46. The summed E-state index contributed by atoms with van der Waals surface area (Å²) in [6.45, 7) is 6.11. The van der Waals surface area contributed by atoms with Crippen molar-refractivity contribution < 1.29 is 0 Å². The molecule has 128 valence electrons. The first-order chi connectivity index (χ1) is 12.4. The molecule has 0 spiro atoms. The molecule has 2 aromatic carbocycles. The molecule has 1 fully saturated rings. The first-order valence-corrected chi connectivity index (χ1v) is 8.95. The molecule has 0 N–H and O–H groups in total. The van der Waals surface area contributed by atoms with E-state index in [4.69, 9.17) is 0 Å². The van der Waals surface area contributed by atoms with E-state index in [-0.39, 0.29) is 0 Å². The van der Waals surface area contributed by atoms with Crippen LogP contribution in [0.4, 0.5) is 5.69 Å². The van der Waals surface area contributed by atoms with Crippen molar-refractivity contribution in [2.24, 2.45) is 0 Å². The Morgan fingerprint density at radius 2 is 1.44 bits per heavy atom. The van der Waals surface area contributed by atoms with Gasteiger partial charge in [0.25, 0.3) is 0 Å². The summed E-state index contributed by atoms with van der Waals surface area (Å²) in [6.07, 6.45) is 4.00. The van der Waals surface area contributed by atoms with Gasteiger partial charge in [-0.3, -0.25) is 4.90 Å². The average Bonchev–Trinajstić information content (AvgIpc) is 3.10. The van der Waals surface area contributed by atoms with E-state index in [9.17, 15) is 0 Å². The molecule has 0 radical (unpaired) electrons. The van der Waals surface area contributed by atoms with Gasteiger partial charge in [0.1, 0.15) is 5.82 Å². The Balaban J connectivity index is 1.36. The lowest BCUT2D eigenvalue weighted by molar-refractivity contribution is 0.241. The van der Waals surface area contributed by atoms with Crippen LogP contribution in [0.5, 0.6) is 0 Å².